The molecular weight excluding hydrogens is 456 g/mol. The molecule has 0 radical (unpaired) electrons. The van der Waals surface area contributed by atoms with Crippen LogP contribution < -0.4 is 34.3 Å². The third kappa shape index (κ3) is 7.49. The molecule has 1 aliphatic heterocycles. The van der Waals surface area contributed by atoms with E-state index in [-0.39, 0.29) is 24.9 Å². The fourth-order valence-corrected chi connectivity index (χ4v) is 3.53. The van der Waals surface area contributed by atoms with E-state index in [1.54, 1.807) is 44.6 Å². The smallest absolute Gasteiger partial charge is 0.224 e. The summed E-state index contributed by atoms with van der Waals surface area (Å²) in [6.45, 7) is 2.65. The fourth-order valence-electron chi connectivity index (χ4n) is 3.53. The van der Waals surface area contributed by atoms with Gasteiger partial charge in [-0.1, -0.05) is 0 Å². The van der Waals surface area contributed by atoms with Crippen molar-refractivity contribution in [3.63, 3.8) is 0 Å². The number of Topliss-reactive ketones (excluding diaryl/α,β-unsaturated/α-hetero) is 1. The molecule has 0 spiro atoms. The van der Waals surface area contributed by atoms with E-state index in [2.05, 4.69) is 10.6 Å². The summed E-state index contributed by atoms with van der Waals surface area (Å²) in [5, 5.41) is 16.2. The van der Waals surface area contributed by atoms with E-state index in [0.29, 0.717) is 67.0 Å². The number of hydrogen-bond donors (Lipinski definition) is 3. The minimum Gasteiger partial charge on any atom is -0.493 e. The molecule has 190 valence electrons. The average Bonchev–Trinajstić information content (AvgIpc) is 2.85. The van der Waals surface area contributed by atoms with E-state index < -0.39 is 6.10 Å². The van der Waals surface area contributed by atoms with Crippen LogP contribution in [0.15, 0.2) is 30.3 Å². The van der Waals surface area contributed by atoms with Gasteiger partial charge in [0.1, 0.15) is 43.2 Å². The van der Waals surface area contributed by atoms with Crippen molar-refractivity contribution in [2.75, 3.05) is 52.4 Å². The highest BCUT2D eigenvalue weighted by Crippen LogP contribution is 2.39. The summed E-state index contributed by atoms with van der Waals surface area (Å²) >= 11 is 0. The molecule has 3 N–H and O–H groups in total. The Kier molecular flexibility index (Phi) is 9.56. The minimum atomic E-state index is -0.751. The first-order chi connectivity index (χ1) is 16.9. The molecular formula is C25H32N2O8. The number of benzene rings is 2. The monoisotopic (exact) mass is 488 g/mol. The molecule has 10 nitrogen and oxygen atoms in total. The zero-order chi connectivity index (χ0) is 25.2. The summed E-state index contributed by atoms with van der Waals surface area (Å²) in [6.07, 6.45) is 0.0535. The van der Waals surface area contributed by atoms with Crippen LogP contribution in [0.4, 0.5) is 5.69 Å². The Morgan fingerprint density at radius 1 is 1.03 bits per heavy atom. The normalized spacial score (nSPS) is 13.3. The number of ketones is 1. The molecule has 10 heteroatoms. The molecule has 0 saturated carbocycles. The Balaban J connectivity index is 1.45. The number of ether oxygens (including phenoxy) is 5. The van der Waals surface area contributed by atoms with Crippen LogP contribution >= 0.6 is 0 Å². The van der Waals surface area contributed by atoms with Crippen LogP contribution in [0.25, 0.3) is 0 Å². The standard InChI is InChI=1S/C25H32N2O8/c1-16(28)14-34-22-8-7-20(19-5-9-24(30)27-25(19)22)35-15-17(29)13-26-10-11-33-18-4-6-21(31-2)23(12-18)32-3/h4,6-8,12,17,26,29H,5,9-11,13-15H2,1-3H3,(H,27,30). The van der Waals surface area contributed by atoms with Crippen molar-refractivity contribution in [2.24, 2.45) is 0 Å². The highest BCUT2D eigenvalue weighted by atomic mass is 16.5. The molecule has 0 bridgehead atoms. The van der Waals surface area contributed by atoms with Gasteiger partial charge >= 0.3 is 0 Å². The minimum absolute atomic E-state index is 0.0670. The van der Waals surface area contributed by atoms with Gasteiger partial charge in [-0.15, -0.1) is 0 Å². The van der Waals surface area contributed by atoms with Crippen LogP contribution in [0.5, 0.6) is 28.7 Å². The Morgan fingerprint density at radius 2 is 1.77 bits per heavy atom. The van der Waals surface area contributed by atoms with E-state index in [0.717, 1.165) is 5.56 Å². The number of amides is 1. The molecule has 1 unspecified atom stereocenters. The second-order valence-electron chi connectivity index (χ2n) is 7.99. The van der Waals surface area contributed by atoms with Gasteiger partial charge in [0.25, 0.3) is 0 Å². The first-order valence-corrected chi connectivity index (χ1v) is 11.4. The number of aliphatic hydroxyl groups excluding tert-OH is 1. The number of anilines is 1. The number of nitrogens with one attached hydrogen (secondary N) is 2. The van der Waals surface area contributed by atoms with Gasteiger partial charge in [0.05, 0.1) is 19.9 Å². The molecule has 0 aliphatic carbocycles. The Hall–Kier alpha value is -3.50. The Labute approximate surface area is 204 Å². The number of rotatable bonds is 14. The van der Waals surface area contributed by atoms with E-state index in [1.165, 1.54) is 6.92 Å². The molecule has 1 atom stereocenters. The topological polar surface area (TPSA) is 125 Å². The Bertz CT molecular complexity index is 1030. The van der Waals surface area contributed by atoms with Gasteiger partial charge < -0.3 is 39.4 Å². The van der Waals surface area contributed by atoms with Crippen LogP contribution in [0.2, 0.25) is 0 Å². The maximum Gasteiger partial charge on any atom is 0.224 e. The van der Waals surface area contributed by atoms with E-state index in [1.807, 2.05) is 0 Å². The van der Waals surface area contributed by atoms with Crippen LogP contribution in [0.1, 0.15) is 18.9 Å². The van der Waals surface area contributed by atoms with Gasteiger partial charge in [-0.2, -0.15) is 0 Å². The average molecular weight is 489 g/mol. The summed E-state index contributed by atoms with van der Waals surface area (Å²) in [4.78, 5) is 23.1. The predicted molar refractivity (Wildman–Crippen MR) is 129 cm³/mol. The molecule has 1 heterocycles. The van der Waals surface area contributed by atoms with Crippen molar-refractivity contribution >= 4 is 17.4 Å². The van der Waals surface area contributed by atoms with Crippen LogP contribution in [0.3, 0.4) is 0 Å². The van der Waals surface area contributed by atoms with Crippen molar-refractivity contribution in [2.45, 2.75) is 25.9 Å². The summed E-state index contributed by atoms with van der Waals surface area (Å²) < 4.78 is 27.5. The molecule has 35 heavy (non-hydrogen) atoms. The largest absolute Gasteiger partial charge is 0.493 e. The number of methoxy groups -OCH3 is 2. The summed E-state index contributed by atoms with van der Waals surface area (Å²) in [5.41, 5.74) is 1.30. The zero-order valence-corrected chi connectivity index (χ0v) is 20.2. The molecule has 0 saturated heterocycles. The van der Waals surface area contributed by atoms with Crippen molar-refractivity contribution in [1.29, 1.82) is 0 Å². The number of hydrogen-bond acceptors (Lipinski definition) is 9. The first kappa shape index (κ1) is 26.1. The van der Waals surface area contributed by atoms with Gasteiger partial charge in [-0.3, -0.25) is 9.59 Å². The lowest BCUT2D eigenvalue weighted by atomic mass is 10.0. The zero-order valence-electron chi connectivity index (χ0n) is 20.2. The lowest BCUT2D eigenvalue weighted by molar-refractivity contribution is -0.119. The van der Waals surface area contributed by atoms with Crippen molar-refractivity contribution in [3.8, 4) is 28.7 Å². The third-order valence-electron chi connectivity index (χ3n) is 5.24. The van der Waals surface area contributed by atoms with Crippen molar-refractivity contribution in [1.82, 2.24) is 5.32 Å². The number of fused-ring (bicyclic) bond motifs is 1. The maximum absolute atomic E-state index is 11.9. The lowest BCUT2D eigenvalue weighted by Gasteiger charge is -2.23. The van der Waals surface area contributed by atoms with Crippen LogP contribution in [-0.4, -0.2) is 70.0 Å². The predicted octanol–water partition coefficient (Wildman–Crippen LogP) is 1.96. The maximum atomic E-state index is 11.9. The van der Waals surface area contributed by atoms with Gasteiger partial charge in [0.2, 0.25) is 5.91 Å². The quantitative estimate of drug-likeness (QED) is 0.342. The molecule has 0 aromatic heterocycles. The summed E-state index contributed by atoms with van der Waals surface area (Å²) in [5.74, 6) is 2.61. The summed E-state index contributed by atoms with van der Waals surface area (Å²) in [7, 11) is 3.14. The molecule has 2 aromatic rings. The van der Waals surface area contributed by atoms with Gasteiger partial charge in [0, 0.05) is 31.1 Å². The Morgan fingerprint density at radius 3 is 2.51 bits per heavy atom. The SMILES string of the molecule is COc1ccc(OCCNCC(O)COc2ccc(OCC(C)=O)c3c2CCC(=O)N3)cc1OC. The van der Waals surface area contributed by atoms with Crippen LogP contribution in [-0.2, 0) is 16.0 Å². The van der Waals surface area contributed by atoms with Gasteiger partial charge in [0.15, 0.2) is 17.3 Å². The lowest BCUT2D eigenvalue weighted by Crippen LogP contribution is -2.34. The second kappa shape index (κ2) is 12.8. The molecule has 0 fully saturated rings. The number of carbonyl (C=O) groups is 2. The van der Waals surface area contributed by atoms with Crippen LogP contribution in [0, 0.1) is 0 Å². The number of aliphatic hydroxyl groups is 1. The number of carbonyl (C=O) groups excluding carboxylic acids is 2. The van der Waals surface area contributed by atoms with E-state index in [9.17, 15) is 14.7 Å². The van der Waals surface area contributed by atoms with E-state index in [4.69, 9.17) is 23.7 Å². The van der Waals surface area contributed by atoms with Gasteiger partial charge in [-0.05, 0) is 37.6 Å². The second-order valence-corrected chi connectivity index (χ2v) is 7.99. The molecule has 1 aliphatic rings. The van der Waals surface area contributed by atoms with Crippen molar-refractivity contribution in [3.05, 3.63) is 35.9 Å². The van der Waals surface area contributed by atoms with E-state index >= 15 is 0 Å². The molecule has 2 aromatic carbocycles. The van der Waals surface area contributed by atoms with Crippen molar-refractivity contribution < 1.29 is 38.4 Å². The highest BCUT2D eigenvalue weighted by molar-refractivity contribution is 5.96. The molecule has 1 amide bonds. The third-order valence-corrected chi connectivity index (χ3v) is 5.24. The highest BCUT2D eigenvalue weighted by Gasteiger charge is 2.23. The summed E-state index contributed by atoms with van der Waals surface area (Å²) in [6, 6.07) is 8.70. The fraction of sp³-hybridized carbons (Fsp3) is 0.440. The first-order valence-electron chi connectivity index (χ1n) is 11.4. The molecule has 3 rings (SSSR count). The van der Waals surface area contributed by atoms with Gasteiger partial charge in [-0.25, -0.2) is 0 Å².